The van der Waals surface area contributed by atoms with Crippen molar-refractivity contribution in [3.05, 3.63) is 40.9 Å². The molecule has 1 amide bonds. The molecule has 1 aromatic heterocycles. The second-order valence-corrected chi connectivity index (χ2v) is 7.58. The van der Waals surface area contributed by atoms with Crippen molar-refractivity contribution < 1.29 is 4.79 Å². The highest BCUT2D eigenvalue weighted by atomic mass is 35.5. The van der Waals surface area contributed by atoms with E-state index in [4.69, 9.17) is 16.6 Å². The first kappa shape index (κ1) is 16.6. The maximum Gasteiger partial charge on any atom is 0.227 e. The van der Waals surface area contributed by atoms with Crippen molar-refractivity contribution in [2.24, 2.45) is 0 Å². The topological polar surface area (TPSA) is 51.0 Å². The van der Waals surface area contributed by atoms with Gasteiger partial charge in [-0.05, 0) is 38.0 Å². The molecule has 2 fully saturated rings. The fourth-order valence-electron chi connectivity index (χ4n) is 4.09. The minimum absolute atomic E-state index is 0.0922. The van der Waals surface area contributed by atoms with Crippen LogP contribution in [0.2, 0.25) is 5.02 Å². The number of amides is 1. The van der Waals surface area contributed by atoms with Gasteiger partial charge in [-0.1, -0.05) is 36.9 Å². The molecule has 132 valence electrons. The molecule has 1 aliphatic carbocycles. The Bertz CT molecular complexity index is 781. The summed E-state index contributed by atoms with van der Waals surface area (Å²) in [7, 11) is 0. The van der Waals surface area contributed by atoms with Crippen molar-refractivity contribution >= 4 is 23.2 Å². The maximum absolute atomic E-state index is 12.6. The standard InChI is InChI=1S/C19H23ClN4O/c1-13-21-19(24(22-13)16-7-3-2-4-8-16)14-10-18(25)23(12-14)17-9-5-6-15(20)11-17/h5-6,9,11,14,16H,2-4,7-8,10,12H2,1H3. The van der Waals surface area contributed by atoms with Crippen molar-refractivity contribution in [3.8, 4) is 0 Å². The van der Waals surface area contributed by atoms with Gasteiger partial charge in [0, 0.05) is 29.6 Å². The van der Waals surface area contributed by atoms with Gasteiger partial charge in [0.2, 0.25) is 5.91 Å². The summed E-state index contributed by atoms with van der Waals surface area (Å²) >= 11 is 6.09. The predicted octanol–water partition coefficient (Wildman–Crippen LogP) is 4.27. The van der Waals surface area contributed by atoms with Crippen molar-refractivity contribution in [2.75, 3.05) is 11.4 Å². The lowest BCUT2D eigenvalue weighted by Gasteiger charge is -2.24. The van der Waals surface area contributed by atoms with E-state index in [1.54, 1.807) is 0 Å². The fraction of sp³-hybridized carbons (Fsp3) is 0.526. The van der Waals surface area contributed by atoms with E-state index in [1.807, 2.05) is 36.1 Å². The van der Waals surface area contributed by atoms with Crippen LogP contribution in [0.3, 0.4) is 0 Å². The van der Waals surface area contributed by atoms with E-state index in [2.05, 4.69) is 9.78 Å². The van der Waals surface area contributed by atoms with Crippen molar-refractivity contribution in [2.45, 2.75) is 57.4 Å². The van der Waals surface area contributed by atoms with Gasteiger partial charge in [-0.25, -0.2) is 9.67 Å². The highest BCUT2D eigenvalue weighted by molar-refractivity contribution is 6.30. The van der Waals surface area contributed by atoms with Gasteiger partial charge in [-0.2, -0.15) is 5.10 Å². The summed E-state index contributed by atoms with van der Waals surface area (Å²) in [5.41, 5.74) is 0.862. The molecule has 5 nitrogen and oxygen atoms in total. The SMILES string of the molecule is Cc1nc(C2CC(=O)N(c3cccc(Cl)c3)C2)n(C2CCCCC2)n1. The van der Waals surface area contributed by atoms with E-state index < -0.39 is 0 Å². The Labute approximate surface area is 153 Å². The maximum atomic E-state index is 12.6. The quantitative estimate of drug-likeness (QED) is 0.823. The summed E-state index contributed by atoms with van der Waals surface area (Å²) in [6.07, 6.45) is 6.62. The van der Waals surface area contributed by atoms with E-state index in [0.717, 1.165) is 30.2 Å². The van der Waals surface area contributed by atoms with Gasteiger partial charge in [0.1, 0.15) is 11.6 Å². The lowest BCUT2D eigenvalue weighted by atomic mass is 9.95. The number of carbonyl (C=O) groups excluding carboxylic acids is 1. The number of benzene rings is 1. The van der Waals surface area contributed by atoms with Crippen molar-refractivity contribution in [3.63, 3.8) is 0 Å². The summed E-state index contributed by atoms with van der Waals surface area (Å²) in [4.78, 5) is 19.1. The molecular weight excluding hydrogens is 336 g/mol. The number of hydrogen-bond acceptors (Lipinski definition) is 3. The summed E-state index contributed by atoms with van der Waals surface area (Å²) in [6, 6.07) is 7.92. The third kappa shape index (κ3) is 3.30. The average Bonchev–Trinajstić information content (AvgIpc) is 3.18. The zero-order chi connectivity index (χ0) is 17.4. The van der Waals surface area contributed by atoms with Crippen LogP contribution in [0.5, 0.6) is 0 Å². The van der Waals surface area contributed by atoms with Gasteiger partial charge in [0.15, 0.2) is 0 Å². The Kier molecular flexibility index (Phi) is 4.50. The molecule has 1 atom stereocenters. The lowest BCUT2D eigenvalue weighted by molar-refractivity contribution is -0.117. The highest BCUT2D eigenvalue weighted by Crippen LogP contribution is 2.35. The Morgan fingerprint density at radius 2 is 2.00 bits per heavy atom. The number of carbonyl (C=O) groups is 1. The molecule has 2 aliphatic rings. The molecule has 0 radical (unpaired) electrons. The Balaban J connectivity index is 1.60. The Hall–Kier alpha value is -1.88. The van der Waals surface area contributed by atoms with Gasteiger partial charge in [-0.15, -0.1) is 0 Å². The third-order valence-corrected chi connectivity index (χ3v) is 5.53. The molecule has 2 aromatic rings. The van der Waals surface area contributed by atoms with E-state index >= 15 is 0 Å². The van der Waals surface area contributed by atoms with E-state index in [0.29, 0.717) is 24.0 Å². The minimum atomic E-state index is 0.0922. The van der Waals surface area contributed by atoms with Crippen molar-refractivity contribution in [1.82, 2.24) is 14.8 Å². The van der Waals surface area contributed by atoms with Crippen LogP contribution >= 0.6 is 11.6 Å². The summed E-state index contributed by atoms with van der Waals surface area (Å²) in [5.74, 6) is 1.99. The van der Waals surface area contributed by atoms with E-state index in [-0.39, 0.29) is 11.8 Å². The molecule has 25 heavy (non-hydrogen) atoms. The fourth-order valence-corrected chi connectivity index (χ4v) is 4.28. The zero-order valence-corrected chi connectivity index (χ0v) is 15.2. The smallest absolute Gasteiger partial charge is 0.227 e. The first-order valence-corrected chi connectivity index (χ1v) is 9.48. The average molecular weight is 359 g/mol. The van der Waals surface area contributed by atoms with E-state index in [1.165, 1.54) is 19.3 Å². The minimum Gasteiger partial charge on any atom is -0.312 e. The summed E-state index contributed by atoms with van der Waals surface area (Å²) < 4.78 is 2.12. The number of nitrogens with zero attached hydrogens (tertiary/aromatic N) is 4. The lowest BCUT2D eigenvalue weighted by Crippen LogP contribution is -2.25. The van der Waals surface area contributed by atoms with Crippen LogP contribution in [0.15, 0.2) is 24.3 Å². The van der Waals surface area contributed by atoms with E-state index in [9.17, 15) is 4.79 Å². The number of aromatic nitrogens is 3. The Morgan fingerprint density at radius 3 is 2.76 bits per heavy atom. The molecular formula is C19H23ClN4O. The summed E-state index contributed by atoms with van der Waals surface area (Å²) in [5, 5.41) is 5.32. The number of rotatable bonds is 3. The number of aryl methyl sites for hydroxylation is 1. The Morgan fingerprint density at radius 1 is 1.20 bits per heavy atom. The molecule has 0 bridgehead atoms. The molecule has 0 spiro atoms. The predicted molar refractivity (Wildman–Crippen MR) is 98.0 cm³/mol. The molecule has 1 saturated carbocycles. The number of anilines is 1. The molecule has 1 aliphatic heterocycles. The number of halogens is 1. The van der Waals surface area contributed by atoms with Crippen LogP contribution < -0.4 is 4.90 Å². The van der Waals surface area contributed by atoms with Gasteiger partial charge < -0.3 is 4.90 Å². The van der Waals surface area contributed by atoms with Crippen LogP contribution in [0, 0.1) is 6.92 Å². The highest BCUT2D eigenvalue weighted by Gasteiger charge is 2.36. The number of hydrogen-bond donors (Lipinski definition) is 0. The largest absolute Gasteiger partial charge is 0.312 e. The van der Waals surface area contributed by atoms with Gasteiger partial charge in [0.05, 0.1) is 6.04 Å². The molecule has 1 unspecified atom stereocenters. The van der Waals surface area contributed by atoms with Crippen LogP contribution in [-0.2, 0) is 4.79 Å². The molecule has 6 heteroatoms. The zero-order valence-electron chi connectivity index (χ0n) is 14.5. The molecule has 0 N–H and O–H groups in total. The van der Waals surface area contributed by atoms with Crippen LogP contribution in [-0.4, -0.2) is 27.2 Å². The third-order valence-electron chi connectivity index (χ3n) is 5.29. The second kappa shape index (κ2) is 6.79. The molecule has 4 rings (SSSR count). The normalized spacial score (nSPS) is 21.9. The van der Waals surface area contributed by atoms with Crippen LogP contribution in [0.4, 0.5) is 5.69 Å². The first-order valence-electron chi connectivity index (χ1n) is 9.11. The van der Waals surface area contributed by atoms with Crippen LogP contribution in [0.25, 0.3) is 0 Å². The van der Waals surface area contributed by atoms with Gasteiger partial charge >= 0.3 is 0 Å². The molecule has 1 saturated heterocycles. The van der Waals surface area contributed by atoms with Crippen LogP contribution in [0.1, 0.15) is 62.1 Å². The van der Waals surface area contributed by atoms with Gasteiger partial charge in [-0.3, -0.25) is 4.79 Å². The van der Waals surface area contributed by atoms with Gasteiger partial charge in [0.25, 0.3) is 0 Å². The second-order valence-electron chi connectivity index (χ2n) is 7.14. The van der Waals surface area contributed by atoms with Crippen molar-refractivity contribution in [1.29, 1.82) is 0 Å². The molecule has 1 aromatic carbocycles. The first-order chi connectivity index (χ1) is 12.1. The summed E-state index contributed by atoms with van der Waals surface area (Å²) in [6.45, 7) is 2.58. The molecule has 2 heterocycles. The monoisotopic (exact) mass is 358 g/mol.